The average Bonchev–Trinajstić information content (AvgIpc) is 2.47. The van der Waals surface area contributed by atoms with Crippen molar-refractivity contribution < 1.29 is 9.90 Å². The Balaban J connectivity index is 2.49. The molecule has 0 saturated heterocycles. The fourth-order valence-corrected chi connectivity index (χ4v) is 0.881. The minimum Gasteiger partial charge on any atom is -0.392 e. The largest absolute Gasteiger partial charge is 0.392 e. The Hall–Kier alpha value is -1.36. The van der Waals surface area contributed by atoms with Crippen molar-refractivity contribution in [2.75, 3.05) is 6.54 Å². The van der Waals surface area contributed by atoms with E-state index in [2.05, 4.69) is 10.4 Å². The van der Waals surface area contributed by atoms with Gasteiger partial charge in [0.15, 0.2) is 0 Å². The number of aryl methyl sites for hydroxylation is 1. The number of aromatic nitrogens is 2. The summed E-state index contributed by atoms with van der Waals surface area (Å²) < 4.78 is 1.55. The fraction of sp³-hybridized carbons (Fsp3) is 0.500. The van der Waals surface area contributed by atoms with E-state index >= 15 is 0 Å². The summed E-state index contributed by atoms with van der Waals surface area (Å²) in [6, 6.07) is 0. The Labute approximate surface area is 76.4 Å². The second kappa shape index (κ2) is 4.04. The highest BCUT2D eigenvalue weighted by Gasteiger charge is 2.07. The lowest BCUT2D eigenvalue weighted by atomic mass is 10.3. The Morgan fingerprint density at radius 3 is 3.00 bits per heavy atom. The predicted molar refractivity (Wildman–Crippen MR) is 47.2 cm³/mol. The van der Waals surface area contributed by atoms with E-state index in [4.69, 9.17) is 5.11 Å². The van der Waals surface area contributed by atoms with Gasteiger partial charge in [0.1, 0.15) is 0 Å². The summed E-state index contributed by atoms with van der Waals surface area (Å²) in [6.45, 7) is 1.87. The van der Waals surface area contributed by atoms with Crippen molar-refractivity contribution >= 4 is 5.91 Å². The molecule has 0 aromatic carbocycles. The second-order valence-electron chi connectivity index (χ2n) is 2.96. The van der Waals surface area contributed by atoms with E-state index in [1.807, 2.05) is 0 Å². The van der Waals surface area contributed by atoms with Gasteiger partial charge >= 0.3 is 0 Å². The predicted octanol–water partition coefficient (Wildman–Crippen LogP) is -0.469. The van der Waals surface area contributed by atoms with Gasteiger partial charge in [0.2, 0.25) is 0 Å². The molecule has 5 heteroatoms. The maximum Gasteiger partial charge on any atom is 0.254 e. The van der Waals surface area contributed by atoms with E-state index in [1.165, 1.54) is 6.20 Å². The third kappa shape index (κ3) is 2.87. The lowest BCUT2D eigenvalue weighted by Gasteiger charge is -2.04. The van der Waals surface area contributed by atoms with Gasteiger partial charge in [-0.15, -0.1) is 0 Å². The highest BCUT2D eigenvalue weighted by molar-refractivity contribution is 5.93. The van der Waals surface area contributed by atoms with Gasteiger partial charge in [0, 0.05) is 19.8 Å². The summed E-state index contributed by atoms with van der Waals surface area (Å²) in [5.41, 5.74) is 0.503. The summed E-state index contributed by atoms with van der Waals surface area (Å²) in [5, 5.41) is 15.3. The Kier molecular flexibility index (Phi) is 3.02. The van der Waals surface area contributed by atoms with Crippen LogP contribution < -0.4 is 5.32 Å². The molecule has 0 aliphatic carbocycles. The molecule has 1 aromatic heterocycles. The summed E-state index contributed by atoms with van der Waals surface area (Å²) >= 11 is 0. The third-order valence-corrected chi connectivity index (χ3v) is 1.53. The van der Waals surface area contributed by atoms with E-state index in [-0.39, 0.29) is 12.5 Å². The number of aliphatic hydroxyl groups is 1. The fourth-order valence-electron chi connectivity index (χ4n) is 0.881. The van der Waals surface area contributed by atoms with Gasteiger partial charge < -0.3 is 10.4 Å². The van der Waals surface area contributed by atoms with E-state index < -0.39 is 6.10 Å². The normalized spacial score (nSPS) is 12.5. The minimum absolute atomic E-state index is 0.214. The molecule has 2 N–H and O–H groups in total. The van der Waals surface area contributed by atoms with Crippen LogP contribution in [0.5, 0.6) is 0 Å². The van der Waals surface area contributed by atoms with Crippen molar-refractivity contribution in [2.24, 2.45) is 7.05 Å². The maximum absolute atomic E-state index is 11.3. The number of rotatable bonds is 3. The maximum atomic E-state index is 11.3. The first kappa shape index (κ1) is 9.73. The lowest BCUT2D eigenvalue weighted by Crippen LogP contribution is -2.30. The zero-order valence-electron chi connectivity index (χ0n) is 7.69. The van der Waals surface area contributed by atoms with Crippen LogP contribution in [0.2, 0.25) is 0 Å². The molecule has 0 aliphatic rings. The van der Waals surface area contributed by atoms with Gasteiger partial charge in [-0.2, -0.15) is 5.10 Å². The quantitative estimate of drug-likeness (QED) is 0.665. The zero-order chi connectivity index (χ0) is 9.84. The van der Waals surface area contributed by atoms with Gasteiger partial charge in [0.05, 0.1) is 17.9 Å². The van der Waals surface area contributed by atoms with E-state index in [0.717, 1.165) is 0 Å². The number of aliphatic hydroxyl groups excluding tert-OH is 1. The van der Waals surface area contributed by atoms with E-state index in [1.54, 1.807) is 24.9 Å². The standard InChI is InChI=1S/C8H13N3O2/c1-6(12)3-9-8(13)7-4-10-11(2)5-7/h4-6,12H,3H2,1-2H3,(H,9,13)/t6-/m1/s1. The highest BCUT2D eigenvalue weighted by atomic mass is 16.3. The Morgan fingerprint density at radius 2 is 2.54 bits per heavy atom. The molecule has 1 amide bonds. The molecule has 0 spiro atoms. The first-order valence-electron chi connectivity index (χ1n) is 4.04. The van der Waals surface area contributed by atoms with Crippen molar-refractivity contribution in [3.8, 4) is 0 Å². The van der Waals surface area contributed by atoms with E-state index in [9.17, 15) is 4.79 Å². The van der Waals surface area contributed by atoms with Crippen LogP contribution in [-0.2, 0) is 7.05 Å². The highest BCUT2D eigenvalue weighted by Crippen LogP contribution is 1.95. The topological polar surface area (TPSA) is 67.2 Å². The molecular formula is C8H13N3O2. The zero-order valence-corrected chi connectivity index (χ0v) is 7.69. The molecule has 0 fully saturated rings. The van der Waals surface area contributed by atoms with Crippen LogP contribution in [0.25, 0.3) is 0 Å². The number of nitrogens with one attached hydrogen (secondary N) is 1. The van der Waals surface area contributed by atoms with Crippen LogP contribution in [0.15, 0.2) is 12.4 Å². The third-order valence-electron chi connectivity index (χ3n) is 1.53. The van der Waals surface area contributed by atoms with Crippen LogP contribution in [0, 0.1) is 0 Å². The number of amides is 1. The van der Waals surface area contributed by atoms with Crippen molar-refractivity contribution in [1.29, 1.82) is 0 Å². The SMILES string of the molecule is C[C@@H](O)CNC(=O)c1cnn(C)c1. The molecule has 13 heavy (non-hydrogen) atoms. The van der Waals surface area contributed by atoms with Crippen LogP contribution in [-0.4, -0.2) is 33.4 Å². The lowest BCUT2D eigenvalue weighted by molar-refractivity contribution is 0.0924. The van der Waals surface area contributed by atoms with Gasteiger partial charge in [-0.25, -0.2) is 0 Å². The Morgan fingerprint density at radius 1 is 1.85 bits per heavy atom. The number of hydrogen-bond donors (Lipinski definition) is 2. The molecule has 0 bridgehead atoms. The van der Waals surface area contributed by atoms with Crippen molar-refractivity contribution in [3.63, 3.8) is 0 Å². The molecule has 1 atom stereocenters. The first-order chi connectivity index (χ1) is 6.09. The van der Waals surface area contributed by atoms with Gasteiger partial charge in [0.25, 0.3) is 5.91 Å². The molecule has 0 saturated carbocycles. The molecule has 0 radical (unpaired) electrons. The molecule has 5 nitrogen and oxygen atoms in total. The molecular weight excluding hydrogens is 170 g/mol. The summed E-state index contributed by atoms with van der Waals surface area (Å²) in [6.07, 6.45) is 2.58. The smallest absolute Gasteiger partial charge is 0.254 e. The summed E-state index contributed by atoms with van der Waals surface area (Å²) in [5.74, 6) is -0.214. The number of hydrogen-bond acceptors (Lipinski definition) is 3. The first-order valence-corrected chi connectivity index (χ1v) is 4.04. The van der Waals surface area contributed by atoms with Crippen LogP contribution >= 0.6 is 0 Å². The average molecular weight is 183 g/mol. The minimum atomic E-state index is -0.527. The molecule has 72 valence electrons. The second-order valence-corrected chi connectivity index (χ2v) is 2.96. The summed E-state index contributed by atoms with van der Waals surface area (Å²) in [4.78, 5) is 11.3. The van der Waals surface area contributed by atoms with Crippen molar-refractivity contribution in [1.82, 2.24) is 15.1 Å². The van der Waals surface area contributed by atoms with Crippen molar-refractivity contribution in [3.05, 3.63) is 18.0 Å². The number of carbonyl (C=O) groups excluding carboxylic acids is 1. The van der Waals surface area contributed by atoms with Gasteiger partial charge in [-0.3, -0.25) is 9.48 Å². The Bertz CT molecular complexity index is 293. The summed E-state index contributed by atoms with van der Waals surface area (Å²) in [7, 11) is 1.74. The van der Waals surface area contributed by atoms with Crippen LogP contribution in [0.1, 0.15) is 17.3 Å². The molecule has 1 heterocycles. The monoisotopic (exact) mass is 183 g/mol. The number of carbonyl (C=O) groups is 1. The molecule has 1 rings (SSSR count). The van der Waals surface area contributed by atoms with Crippen LogP contribution in [0.3, 0.4) is 0 Å². The molecule has 1 aromatic rings. The van der Waals surface area contributed by atoms with E-state index in [0.29, 0.717) is 5.56 Å². The van der Waals surface area contributed by atoms with Gasteiger partial charge in [-0.1, -0.05) is 0 Å². The molecule has 0 unspecified atom stereocenters. The number of nitrogens with zero attached hydrogens (tertiary/aromatic N) is 2. The van der Waals surface area contributed by atoms with Gasteiger partial charge in [-0.05, 0) is 6.92 Å². The van der Waals surface area contributed by atoms with Crippen molar-refractivity contribution in [2.45, 2.75) is 13.0 Å². The molecule has 0 aliphatic heterocycles. The van der Waals surface area contributed by atoms with Crippen LogP contribution in [0.4, 0.5) is 0 Å².